The second-order valence-electron chi connectivity index (χ2n) is 4.66. The molecule has 0 aliphatic heterocycles. The topological polar surface area (TPSA) is 33.4 Å². The lowest BCUT2D eigenvalue weighted by Crippen LogP contribution is -1.93. The Morgan fingerprint density at radius 1 is 1.11 bits per heavy atom. The Kier molecular flexibility index (Phi) is 2.80. The highest BCUT2D eigenvalue weighted by Crippen LogP contribution is 2.31. The summed E-state index contributed by atoms with van der Waals surface area (Å²) >= 11 is 0. The second kappa shape index (κ2) is 4.46. The predicted octanol–water partition coefficient (Wildman–Crippen LogP) is 4.42. The van der Waals surface area contributed by atoms with Crippen molar-refractivity contribution in [2.45, 2.75) is 25.9 Å². The third-order valence-corrected chi connectivity index (χ3v) is 3.32. The molecule has 1 heterocycles. The smallest absolute Gasteiger partial charge is 0.142 e. The summed E-state index contributed by atoms with van der Waals surface area (Å²) in [6.07, 6.45) is 1.18. The van der Waals surface area contributed by atoms with Crippen LogP contribution in [0.1, 0.15) is 31.6 Å². The second-order valence-corrected chi connectivity index (χ2v) is 4.66. The Morgan fingerprint density at radius 2 is 1.89 bits per heavy atom. The molecule has 0 saturated carbocycles. The maximum Gasteiger partial charge on any atom is 0.142 e. The molecule has 1 unspecified atom stereocenters. The van der Waals surface area contributed by atoms with Crippen LogP contribution in [0.25, 0.3) is 21.7 Å². The van der Waals surface area contributed by atoms with Crippen LogP contribution in [0.4, 0.5) is 0 Å². The molecule has 0 amide bonds. The van der Waals surface area contributed by atoms with Crippen molar-refractivity contribution in [2.75, 3.05) is 0 Å². The number of aliphatic hydroxyl groups excluding tert-OH is 1. The zero-order valence-electron chi connectivity index (χ0n) is 10.4. The summed E-state index contributed by atoms with van der Waals surface area (Å²) in [4.78, 5) is 0. The molecule has 92 valence electrons. The highest BCUT2D eigenvalue weighted by atomic mass is 16.4. The highest BCUT2D eigenvalue weighted by molar-refractivity contribution is 6.04. The molecule has 1 aromatic heterocycles. The minimum atomic E-state index is -0.499. The third-order valence-electron chi connectivity index (χ3n) is 3.32. The van der Waals surface area contributed by atoms with Gasteiger partial charge in [-0.05, 0) is 17.9 Å². The maximum atomic E-state index is 10.00. The van der Waals surface area contributed by atoms with Crippen LogP contribution in [-0.4, -0.2) is 5.11 Å². The van der Waals surface area contributed by atoms with Crippen LogP contribution >= 0.6 is 0 Å². The largest absolute Gasteiger partial charge is 0.458 e. The first-order valence-corrected chi connectivity index (χ1v) is 6.39. The lowest BCUT2D eigenvalue weighted by molar-refractivity contribution is 0.142. The first kappa shape index (κ1) is 11.3. The van der Waals surface area contributed by atoms with E-state index in [-0.39, 0.29) is 0 Å². The molecule has 1 N–H and O–H groups in total. The van der Waals surface area contributed by atoms with E-state index in [1.54, 1.807) is 0 Å². The van der Waals surface area contributed by atoms with Crippen LogP contribution < -0.4 is 0 Å². The molecule has 2 nitrogen and oxygen atoms in total. The fourth-order valence-corrected chi connectivity index (χ4v) is 2.37. The first-order valence-electron chi connectivity index (χ1n) is 6.39. The number of fused-ring (bicyclic) bond motifs is 3. The van der Waals surface area contributed by atoms with Crippen molar-refractivity contribution in [1.82, 2.24) is 0 Å². The Hall–Kier alpha value is -1.80. The SMILES string of the molecule is CCCC(O)c1cc2ccc3ccccc3c2o1. The fraction of sp³-hybridized carbons (Fsp3) is 0.250. The summed E-state index contributed by atoms with van der Waals surface area (Å²) < 4.78 is 5.85. The molecule has 3 rings (SSSR count). The Balaban J connectivity index is 2.19. The van der Waals surface area contributed by atoms with Gasteiger partial charge in [-0.2, -0.15) is 0 Å². The van der Waals surface area contributed by atoms with Gasteiger partial charge < -0.3 is 9.52 Å². The number of furan rings is 1. The van der Waals surface area contributed by atoms with E-state index < -0.39 is 6.10 Å². The van der Waals surface area contributed by atoms with Gasteiger partial charge in [-0.15, -0.1) is 0 Å². The fourth-order valence-electron chi connectivity index (χ4n) is 2.37. The normalized spacial score (nSPS) is 13.2. The first-order chi connectivity index (χ1) is 8.79. The summed E-state index contributed by atoms with van der Waals surface area (Å²) in [6, 6.07) is 14.2. The lowest BCUT2D eigenvalue weighted by Gasteiger charge is -2.04. The molecule has 2 aromatic carbocycles. The molecule has 0 spiro atoms. The van der Waals surface area contributed by atoms with Crippen LogP contribution in [-0.2, 0) is 0 Å². The average Bonchev–Trinajstić information content (AvgIpc) is 2.83. The summed E-state index contributed by atoms with van der Waals surface area (Å²) in [5.41, 5.74) is 0.873. The van der Waals surface area contributed by atoms with E-state index in [4.69, 9.17) is 4.42 Å². The zero-order valence-corrected chi connectivity index (χ0v) is 10.4. The minimum Gasteiger partial charge on any atom is -0.458 e. The third kappa shape index (κ3) is 1.79. The molecular formula is C16H16O2. The van der Waals surface area contributed by atoms with Crippen LogP contribution in [0.15, 0.2) is 46.9 Å². The zero-order chi connectivity index (χ0) is 12.5. The van der Waals surface area contributed by atoms with Crippen molar-refractivity contribution < 1.29 is 9.52 Å². The molecular weight excluding hydrogens is 224 g/mol. The molecule has 0 aliphatic carbocycles. The van der Waals surface area contributed by atoms with E-state index in [0.717, 1.165) is 34.6 Å². The van der Waals surface area contributed by atoms with Crippen LogP contribution in [0.3, 0.4) is 0 Å². The van der Waals surface area contributed by atoms with Gasteiger partial charge >= 0.3 is 0 Å². The number of rotatable bonds is 3. The van der Waals surface area contributed by atoms with Crippen molar-refractivity contribution in [3.05, 3.63) is 48.2 Å². The van der Waals surface area contributed by atoms with E-state index >= 15 is 0 Å². The van der Waals surface area contributed by atoms with Crippen LogP contribution in [0, 0.1) is 0 Å². The molecule has 0 fully saturated rings. The summed E-state index contributed by atoms with van der Waals surface area (Å²) in [5, 5.41) is 13.3. The number of benzene rings is 2. The van der Waals surface area contributed by atoms with Gasteiger partial charge in [-0.25, -0.2) is 0 Å². The molecule has 3 aromatic rings. The standard InChI is InChI=1S/C16H16O2/c1-2-5-14(17)15-10-12-9-8-11-6-3-4-7-13(11)16(12)18-15/h3-4,6-10,14,17H,2,5H2,1H3. The predicted molar refractivity (Wildman–Crippen MR) is 73.6 cm³/mol. The molecule has 0 aliphatic rings. The number of aliphatic hydroxyl groups is 1. The molecule has 18 heavy (non-hydrogen) atoms. The monoisotopic (exact) mass is 240 g/mol. The molecule has 0 saturated heterocycles. The minimum absolute atomic E-state index is 0.499. The molecule has 2 heteroatoms. The van der Waals surface area contributed by atoms with Gasteiger partial charge in [-0.1, -0.05) is 49.7 Å². The van der Waals surface area contributed by atoms with Gasteiger partial charge in [0.1, 0.15) is 17.4 Å². The van der Waals surface area contributed by atoms with Gasteiger partial charge in [0.25, 0.3) is 0 Å². The van der Waals surface area contributed by atoms with Gasteiger partial charge in [0.2, 0.25) is 0 Å². The maximum absolute atomic E-state index is 10.00. The Bertz CT molecular complexity index is 682. The number of hydrogen-bond donors (Lipinski definition) is 1. The van der Waals surface area contributed by atoms with E-state index in [9.17, 15) is 5.11 Å². The van der Waals surface area contributed by atoms with Crippen molar-refractivity contribution in [2.24, 2.45) is 0 Å². The van der Waals surface area contributed by atoms with Gasteiger partial charge in [0.05, 0.1) is 0 Å². The Morgan fingerprint density at radius 3 is 2.72 bits per heavy atom. The average molecular weight is 240 g/mol. The van der Waals surface area contributed by atoms with Gasteiger partial charge in [0, 0.05) is 10.8 Å². The van der Waals surface area contributed by atoms with Crippen molar-refractivity contribution in [3.8, 4) is 0 Å². The summed E-state index contributed by atoms with van der Waals surface area (Å²) in [6.45, 7) is 2.06. The van der Waals surface area contributed by atoms with Gasteiger partial charge in [0.15, 0.2) is 0 Å². The molecule has 0 radical (unpaired) electrons. The van der Waals surface area contributed by atoms with Crippen LogP contribution in [0.2, 0.25) is 0 Å². The van der Waals surface area contributed by atoms with E-state index in [2.05, 4.69) is 25.1 Å². The van der Waals surface area contributed by atoms with E-state index in [1.807, 2.05) is 24.3 Å². The Labute approximate surface area is 106 Å². The van der Waals surface area contributed by atoms with Crippen LogP contribution in [0.5, 0.6) is 0 Å². The van der Waals surface area contributed by atoms with Crippen molar-refractivity contribution >= 4 is 21.7 Å². The highest BCUT2D eigenvalue weighted by Gasteiger charge is 2.13. The van der Waals surface area contributed by atoms with Gasteiger partial charge in [-0.3, -0.25) is 0 Å². The van der Waals surface area contributed by atoms with Crippen molar-refractivity contribution in [3.63, 3.8) is 0 Å². The lowest BCUT2D eigenvalue weighted by atomic mass is 10.1. The van der Waals surface area contributed by atoms with E-state index in [0.29, 0.717) is 5.76 Å². The molecule has 0 bridgehead atoms. The van der Waals surface area contributed by atoms with E-state index in [1.165, 1.54) is 0 Å². The summed E-state index contributed by atoms with van der Waals surface area (Å²) in [5.74, 6) is 0.670. The van der Waals surface area contributed by atoms with Crippen molar-refractivity contribution in [1.29, 1.82) is 0 Å². The molecule has 1 atom stereocenters. The quantitative estimate of drug-likeness (QED) is 0.735. The summed E-state index contributed by atoms with van der Waals surface area (Å²) in [7, 11) is 0. The number of hydrogen-bond acceptors (Lipinski definition) is 2.